The van der Waals surface area contributed by atoms with Crippen LogP contribution in [0.1, 0.15) is 33.4 Å². The monoisotopic (exact) mass is 804 g/mol. The van der Waals surface area contributed by atoms with Crippen LogP contribution < -0.4 is 0 Å². The first-order valence-corrected chi connectivity index (χ1v) is 21.1. The SMILES string of the molecule is Cc1cc(C)c(-c2ccc3c4ccc(-c5c(C)cc(C)cc5C)cc4n(-c4cc(-c5cccc(F)c5)ccc4-c4nc(-c5ccccc5)nc(-c5ccccc5)n4)c3c2)c(C)c1. The quantitative estimate of drug-likeness (QED) is 0.161. The minimum Gasteiger partial charge on any atom is -0.308 e. The summed E-state index contributed by atoms with van der Waals surface area (Å²) in [6, 6.07) is 56.0. The normalized spacial score (nSPS) is 11.5. The minimum atomic E-state index is -0.288. The van der Waals surface area contributed by atoms with E-state index >= 15 is 0 Å². The molecule has 0 N–H and O–H groups in total. The van der Waals surface area contributed by atoms with Gasteiger partial charge in [0.25, 0.3) is 0 Å². The molecule has 0 radical (unpaired) electrons. The third-order valence-corrected chi connectivity index (χ3v) is 12.0. The molecule has 0 spiro atoms. The van der Waals surface area contributed by atoms with Crippen LogP contribution in [0.25, 0.3) is 95.0 Å². The Balaban J connectivity index is 1.33. The van der Waals surface area contributed by atoms with E-state index < -0.39 is 0 Å². The molecule has 0 saturated heterocycles. The highest BCUT2D eigenvalue weighted by molar-refractivity contribution is 6.12. The van der Waals surface area contributed by atoms with E-state index in [0.717, 1.165) is 66.4 Å². The zero-order valence-corrected chi connectivity index (χ0v) is 35.8. The second-order valence-corrected chi connectivity index (χ2v) is 16.6. The van der Waals surface area contributed by atoms with Crippen molar-refractivity contribution in [3.8, 4) is 73.2 Å². The van der Waals surface area contributed by atoms with Crippen LogP contribution in [0, 0.1) is 47.4 Å². The van der Waals surface area contributed by atoms with Crippen LogP contribution in [-0.2, 0) is 0 Å². The molecule has 0 amide bonds. The molecule has 8 aromatic carbocycles. The molecule has 0 aliphatic rings. The lowest BCUT2D eigenvalue weighted by atomic mass is 9.92. The maximum atomic E-state index is 15.0. The standard InChI is InChI=1S/C57H45FN4/c1-34-26-36(3)53(37(4)27-34)44-21-23-47-48-24-22-45(54-38(5)28-35(2)29-39(54)6)33-51(48)62(50(47)32-44)52-31-43(42-18-13-19-46(58)30-42)20-25-49(52)57-60-55(40-14-9-7-10-15-40)59-56(61-57)41-16-11-8-12-17-41/h7-33H,1-6H3. The van der Waals surface area contributed by atoms with Gasteiger partial charge in [-0.05, 0) is 134 Å². The number of halogens is 1. The largest absolute Gasteiger partial charge is 0.308 e. The summed E-state index contributed by atoms with van der Waals surface area (Å²) in [5.74, 6) is 1.41. The van der Waals surface area contributed by atoms with Gasteiger partial charge in [-0.1, -0.05) is 139 Å². The Morgan fingerprint density at radius 3 is 1.29 bits per heavy atom. The van der Waals surface area contributed by atoms with E-state index in [-0.39, 0.29) is 5.82 Å². The van der Waals surface area contributed by atoms with E-state index in [1.165, 1.54) is 50.6 Å². The summed E-state index contributed by atoms with van der Waals surface area (Å²) >= 11 is 0. The smallest absolute Gasteiger partial charge is 0.166 e. The van der Waals surface area contributed by atoms with Gasteiger partial charge in [-0.25, -0.2) is 19.3 Å². The Bertz CT molecular complexity index is 3150. The topological polar surface area (TPSA) is 43.6 Å². The van der Waals surface area contributed by atoms with Crippen molar-refractivity contribution in [2.45, 2.75) is 41.5 Å². The van der Waals surface area contributed by atoms with Gasteiger partial charge in [0.1, 0.15) is 5.82 Å². The molecule has 2 heterocycles. The molecule has 0 bridgehead atoms. The summed E-state index contributed by atoms with van der Waals surface area (Å²) < 4.78 is 17.3. The molecule has 2 aromatic heterocycles. The molecule has 0 aliphatic heterocycles. The molecule has 0 fully saturated rings. The van der Waals surface area contributed by atoms with Crippen LogP contribution in [0.2, 0.25) is 0 Å². The first-order valence-electron chi connectivity index (χ1n) is 21.1. The Labute approximate surface area is 362 Å². The van der Waals surface area contributed by atoms with Gasteiger partial charge in [-0.15, -0.1) is 0 Å². The minimum absolute atomic E-state index is 0.288. The zero-order valence-electron chi connectivity index (χ0n) is 35.8. The number of hydrogen-bond donors (Lipinski definition) is 0. The molecule has 300 valence electrons. The fraction of sp³-hybridized carbons (Fsp3) is 0.105. The summed E-state index contributed by atoms with van der Waals surface area (Å²) in [4.78, 5) is 15.5. The van der Waals surface area contributed by atoms with Crippen molar-refractivity contribution in [3.63, 3.8) is 0 Å². The predicted octanol–water partition coefficient (Wildman–Crippen LogP) is 15.0. The lowest BCUT2D eigenvalue weighted by Gasteiger charge is -2.18. The average Bonchev–Trinajstić information content (AvgIpc) is 3.58. The van der Waals surface area contributed by atoms with Gasteiger partial charge in [0, 0.05) is 27.5 Å². The van der Waals surface area contributed by atoms with Gasteiger partial charge in [0.2, 0.25) is 0 Å². The van der Waals surface area contributed by atoms with Crippen LogP contribution >= 0.6 is 0 Å². The number of fused-ring (bicyclic) bond motifs is 3. The molecule has 0 atom stereocenters. The first kappa shape index (κ1) is 38.7. The third kappa shape index (κ3) is 6.95. The molecule has 0 unspecified atom stereocenters. The van der Waals surface area contributed by atoms with Gasteiger partial charge in [-0.2, -0.15) is 0 Å². The Morgan fingerprint density at radius 1 is 0.371 bits per heavy atom. The van der Waals surface area contributed by atoms with Crippen molar-refractivity contribution in [2.75, 3.05) is 0 Å². The van der Waals surface area contributed by atoms with E-state index in [0.29, 0.717) is 17.5 Å². The van der Waals surface area contributed by atoms with Gasteiger partial charge < -0.3 is 4.57 Å². The van der Waals surface area contributed by atoms with E-state index in [1.54, 1.807) is 12.1 Å². The molecular formula is C57H45FN4. The molecule has 0 aliphatic carbocycles. The number of aromatic nitrogens is 4. The molecule has 4 nitrogen and oxygen atoms in total. The second kappa shape index (κ2) is 15.5. The van der Waals surface area contributed by atoms with E-state index in [1.807, 2.05) is 72.8 Å². The van der Waals surface area contributed by atoms with Gasteiger partial charge in [0.05, 0.1) is 16.7 Å². The first-order chi connectivity index (χ1) is 30.1. The highest BCUT2D eigenvalue weighted by Crippen LogP contribution is 2.42. The molecule has 10 rings (SSSR count). The lowest BCUT2D eigenvalue weighted by molar-refractivity contribution is 0.628. The number of aryl methyl sites for hydroxylation is 6. The molecule has 62 heavy (non-hydrogen) atoms. The fourth-order valence-corrected chi connectivity index (χ4v) is 9.54. The average molecular weight is 805 g/mol. The summed E-state index contributed by atoms with van der Waals surface area (Å²) in [6.45, 7) is 13.1. The van der Waals surface area contributed by atoms with Crippen molar-refractivity contribution >= 4 is 21.8 Å². The van der Waals surface area contributed by atoms with Crippen molar-refractivity contribution in [3.05, 3.63) is 203 Å². The van der Waals surface area contributed by atoms with Crippen LogP contribution in [0.4, 0.5) is 4.39 Å². The van der Waals surface area contributed by atoms with Crippen LogP contribution in [0.15, 0.2) is 164 Å². The molecule has 0 saturated carbocycles. The van der Waals surface area contributed by atoms with E-state index in [4.69, 9.17) is 15.0 Å². The number of rotatable bonds is 7. The van der Waals surface area contributed by atoms with E-state index in [2.05, 4.69) is 119 Å². The Kier molecular flexibility index (Phi) is 9.68. The van der Waals surface area contributed by atoms with E-state index in [9.17, 15) is 4.39 Å². The van der Waals surface area contributed by atoms with Crippen LogP contribution in [0.3, 0.4) is 0 Å². The van der Waals surface area contributed by atoms with Crippen molar-refractivity contribution in [2.24, 2.45) is 0 Å². The van der Waals surface area contributed by atoms with Crippen LogP contribution in [0.5, 0.6) is 0 Å². The Morgan fingerprint density at radius 2 is 0.806 bits per heavy atom. The second-order valence-electron chi connectivity index (χ2n) is 16.6. The number of benzene rings is 8. The Hall–Kier alpha value is -7.50. The fourth-order valence-electron chi connectivity index (χ4n) is 9.54. The van der Waals surface area contributed by atoms with Crippen LogP contribution in [-0.4, -0.2) is 19.5 Å². The lowest BCUT2D eigenvalue weighted by Crippen LogP contribution is -2.04. The zero-order chi connectivity index (χ0) is 42.6. The summed E-state index contributed by atoms with van der Waals surface area (Å²) in [5, 5.41) is 2.26. The molecular weight excluding hydrogens is 760 g/mol. The maximum Gasteiger partial charge on any atom is 0.166 e. The highest BCUT2D eigenvalue weighted by atomic mass is 19.1. The predicted molar refractivity (Wildman–Crippen MR) is 255 cm³/mol. The number of nitrogens with zero attached hydrogens (tertiary/aromatic N) is 4. The number of hydrogen-bond acceptors (Lipinski definition) is 3. The van der Waals surface area contributed by atoms with Crippen molar-refractivity contribution < 1.29 is 4.39 Å². The van der Waals surface area contributed by atoms with Crippen molar-refractivity contribution in [1.29, 1.82) is 0 Å². The van der Waals surface area contributed by atoms with Gasteiger partial charge in [-0.3, -0.25) is 0 Å². The molecule has 5 heteroatoms. The maximum absolute atomic E-state index is 15.0. The van der Waals surface area contributed by atoms with Gasteiger partial charge >= 0.3 is 0 Å². The summed E-state index contributed by atoms with van der Waals surface area (Å²) in [5.41, 5.74) is 19.4. The molecule has 10 aromatic rings. The van der Waals surface area contributed by atoms with Gasteiger partial charge in [0.15, 0.2) is 17.5 Å². The summed E-state index contributed by atoms with van der Waals surface area (Å²) in [7, 11) is 0. The highest BCUT2D eigenvalue weighted by Gasteiger charge is 2.22. The third-order valence-electron chi connectivity index (χ3n) is 12.0. The van der Waals surface area contributed by atoms with Crippen molar-refractivity contribution in [1.82, 2.24) is 19.5 Å². The summed E-state index contributed by atoms with van der Waals surface area (Å²) in [6.07, 6.45) is 0.